The molecule has 0 spiro atoms. The van der Waals surface area contributed by atoms with E-state index in [2.05, 4.69) is 0 Å². The molecule has 12 heavy (non-hydrogen) atoms. The number of hydrogen-bond donors (Lipinski definition) is 1. The van der Waals surface area contributed by atoms with E-state index in [0.717, 1.165) is 0 Å². The quantitative estimate of drug-likeness (QED) is 0.674. The van der Waals surface area contributed by atoms with Crippen LogP contribution in [-0.2, 0) is 4.79 Å². The third-order valence-corrected chi connectivity index (χ3v) is 2.22. The van der Waals surface area contributed by atoms with E-state index in [9.17, 15) is 9.90 Å². The third kappa shape index (κ3) is 1.83. The zero-order valence-corrected chi connectivity index (χ0v) is 7.45. The highest BCUT2D eigenvalue weighted by Gasteiger charge is 2.31. The van der Waals surface area contributed by atoms with Gasteiger partial charge in [-0.25, -0.2) is 0 Å². The molecule has 1 aliphatic rings. The predicted molar refractivity (Wildman–Crippen MR) is 47.7 cm³/mol. The molecule has 0 aliphatic heterocycles. The Morgan fingerprint density at radius 1 is 1.58 bits per heavy atom. The zero-order chi connectivity index (χ0) is 9.19. The smallest absolute Gasteiger partial charge is 0.133 e. The van der Waals surface area contributed by atoms with Crippen LogP contribution in [0.15, 0.2) is 24.3 Å². The molecule has 0 aromatic heterocycles. The van der Waals surface area contributed by atoms with Crippen LogP contribution in [0.25, 0.3) is 0 Å². The maximum absolute atomic E-state index is 10.8. The molecular formula is C10H14O2. The molecule has 0 bridgehead atoms. The van der Waals surface area contributed by atoms with E-state index in [4.69, 9.17) is 0 Å². The molecule has 0 saturated carbocycles. The van der Waals surface area contributed by atoms with Crippen LogP contribution < -0.4 is 0 Å². The number of hydrogen-bond acceptors (Lipinski definition) is 2. The summed E-state index contributed by atoms with van der Waals surface area (Å²) in [6, 6.07) is 0. The van der Waals surface area contributed by atoms with Crippen molar-refractivity contribution in [1.82, 2.24) is 0 Å². The lowest BCUT2D eigenvalue weighted by molar-refractivity contribution is -0.121. The fourth-order valence-corrected chi connectivity index (χ4v) is 1.39. The highest BCUT2D eigenvalue weighted by atomic mass is 16.3. The second-order valence-corrected chi connectivity index (χ2v) is 3.40. The van der Waals surface area contributed by atoms with Gasteiger partial charge in [0.15, 0.2) is 0 Å². The molecule has 0 heterocycles. The summed E-state index contributed by atoms with van der Waals surface area (Å²) in [4.78, 5) is 10.8. The fourth-order valence-electron chi connectivity index (χ4n) is 1.39. The Kier molecular flexibility index (Phi) is 2.48. The van der Waals surface area contributed by atoms with E-state index in [1.165, 1.54) is 6.92 Å². The number of ketones is 1. The topological polar surface area (TPSA) is 37.3 Å². The van der Waals surface area contributed by atoms with Gasteiger partial charge in [0.2, 0.25) is 0 Å². The van der Waals surface area contributed by atoms with Crippen molar-refractivity contribution in [2.75, 3.05) is 0 Å². The summed E-state index contributed by atoms with van der Waals surface area (Å²) in [5, 5.41) is 9.95. The van der Waals surface area contributed by atoms with E-state index >= 15 is 0 Å². The molecule has 0 radical (unpaired) electrons. The summed E-state index contributed by atoms with van der Waals surface area (Å²) in [5.74, 6) is 0.0377. The first kappa shape index (κ1) is 9.20. The molecule has 1 N–H and O–H groups in total. The average Bonchev–Trinajstić information content (AvgIpc) is 1.94. The van der Waals surface area contributed by atoms with Crippen LogP contribution >= 0.6 is 0 Å². The molecule has 0 aromatic carbocycles. The van der Waals surface area contributed by atoms with Gasteiger partial charge in [0.05, 0.1) is 5.60 Å². The monoisotopic (exact) mass is 166 g/mol. The van der Waals surface area contributed by atoms with Crippen LogP contribution in [0.3, 0.4) is 0 Å². The number of rotatable bonds is 2. The summed E-state index contributed by atoms with van der Waals surface area (Å²) in [6.07, 6.45) is 7.47. The van der Waals surface area contributed by atoms with Gasteiger partial charge in [0.25, 0.3) is 0 Å². The minimum absolute atomic E-state index is 0.0179. The first-order valence-corrected chi connectivity index (χ1v) is 4.12. The van der Waals surface area contributed by atoms with Gasteiger partial charge in [-0.15, -0.1) is 0 Å². The molecule has 0 saturated heterocycles. The molecule has 0 aromatic rings. The summed E-state index contributed by atoms with van der Waals surface area (Å²) in [7, 11) is 0. The van der Waals surface area contributed by atoms with E-state index in [-0.39, 0.29) is 18.1 Å². The van der Waals surface area contributed by atoms with Crippen molar-refractivity contribution in [2.24, 2.45) is 5.92 Å². The Morgan fingerprint density at radius 3 is 2.75 bits per heavy atom. The van der Waals surface area contributed by atoms with Crippen LogP contribution in [-0.4, -0.2) is 16.5 Å². The minimum atomic E-state index is -0.958. The van der Waals surface area contributed by atoms with E-state index in [0.29, 0.717) is 0 Å². The minimum Gasteiger partial charge on any atom is -0.385 e. The van der Waals surface area contributed by atoms with Crippen molar-refractivity contribution in [3.8, 4) is 0 Å². The van der Waals surface area contributed by atoms with Gasteiger partial charge in [-0.3, -0.25) is 4.79 Å². The van der Waals surface area contributed by atoms with Crippen molar-refractivity contribution < 1.29 is 9.90 Å². The van der Waals surface area contributed by atoms with Crippen LogP contribution in [0.5, 0.6) is 0 Å². The van der Waals surface area contributed by atoms with Gasteiger partial charge < -0.3 is 5.11 Å². The standard InChI is InChI=1S/C10H14O2/c1-8-5-3-4-6-10(8,12)7-9(2)11/h3-6,8,12H,7H2,1-2H3. The highest BCUT2D eigenvalue weighted by molar-refractivity contribution is 5.77. The van der Waals surface area contributed by atoms with Gasteiger partial charge in [-0.05, 0) is 6.92 Å². The Bertz CT molecular complexity index is 240. The van der Waals surface area contributed by atoms with Crippen molar-refractivity contribution >= 4 is 5.78 Å². The fraction of sp³-hybridized carbons (Fsp3) is 0.500. The summed E-state index contributed by atoms with van der Waals surface area (Å²) >= 11 is 0. The highest BCUT2D eigenvalue weighted by Crippen LogP contribution is 2.27. The average molecular weight is 166 g/mol. The van der Waals surface area contributed by atoms with Gasteiger partial charge in [0, 0.05) is 12.3 Å². The third-order valence-electron chi connectivity index (χ3n) is 2.22. The van der Waals surface area contributed by atoms with Gasteiger partial charge in [-0.2, -0.15) is 0 Å². The lowest BCUT2D eigenvalue weighted by atomic mass is 9.82. The Hall–Kier alpha value is -0.890. The zero-order valence-electron chi connectivity index (χ0n) is 7.45. The lowest BCUT2D eigenvalue weighted by Crippen LogP contribution is -2.36. The van der Waals surface area contributed by atoms with Gasteiger partial charge in [0.1, 0.15) is 5.78 Å². The second-order valence-electron chi connectivity index (χ2n) is 3.40. The normalized spacial score (nSPS) is 33.8. The first-order chi connectivity index (χ1) is 5.54. The Morgan fingerprint density at radius 2 is 2.25 bits per heavy atom. The molecule has 2 atom stereocenters. The van der Waals surface area contributed by atoms with Crippen molar-refractivity contribution in [3.05, 3.63) is 24.3 Å². The van der Waals surface area contributed by atoms with Crippen LogP contribution in [0, 0.1) is 5.92 Å². The van der Waals surface area contributed by atoms with Crippen molar-refractivity contribution in [2.45, 2.75) is 25.9 Å². The van der Waals surface area contributed by atoms with Crippen molar-refractivity contribution in [3.63, 3.8) is 0 Å². The largest absolute Gasteiger partial charge is 0.385 e. The molecule has 66 valence electrons. The van der Waals surface area contributed by atoms with Crippen LogP contribution in [0.2, 0.25) is 0 Å². The summed E-state index contributed by atoms with van der Waals surface area (Å²) in [6.45, 7) is 3.40. The number of carbonyl (C=O) groups excluding carboxylic acids is 1. The molecule has 2 nitrogen and oxygen atoms in total. The molecule has 0 amide bonds. The molecule has 1 rings (SSSR count). The first-order valence-electron chi connectivity index (χ1n) is 4.12. The maximum atomic E-state index is 10.8. The second kappa shape index (κ2) is 3.23. The lowest BCUT2D eigenvalue weighted by Gasteiger charge is -2.30. The number of aliphatic hydroxyl groups is 1. The number of carbonyl (C=O) groups is 1. The number of Topliss-reactive ketones (excluding diaryl/α,β-unsaturated/α-hetero) is 1. The van der Waals surface area contributed by atoms with Crippen molar-refractivity contribution in [1.29, 1.82) is 0 Å². The predicted octanol–water partition coefficient (Wildman–Crippen LogP) is 1.46. The Labute approximate surface area is 72.6 Å². The van der Waals surface area contributed by atoms with Gasteiger partial charge >= 0.3 is 0 Å². The van der Waals surface area contributed by atoms with E-state index in [1.807, 2.05) is 19.1 Å². The Balaban J connectivity index is 2.76. The molecule has 2 unspecified atom stereocenters. The number of allylic oxidation sites excluding steroid dienone is 2. The molecule has 1 aliphatic carbocycles. The molecular weight excluding hydrogens is 152 g/mol. The van der Waals surface area contributed by atoms with Gasteiger partial charge in [-0.1, -0.05) is 31.2 Å². The van der Waals surface area contributed by atoms with E-state index in [1.54, 1.807) is 12.2 Å². The molecule has 0 fully saturated rings. The maximum Gasteiger partial charge on any atom is 0.133 e. The SMILES string of the molecule is CC(=O)CC1(O)C=CC=CC1C. The van der Waals surface area contributed by atoms with Crippen LogP contribution in [0.4, 0.5) is 0 Å². The summed E-state index contributed by atoms with van der Waals surface area (Å²) in [5.41, 5.74) is -0.958. The van der Waals surface area contributed by atoms with Crippen LogP contribution in [0.1, 0.15) is 20.3 Å². The van der Waals surface area contributed by atoms with E-state index < -0.39 is 5.60 Å². The molecule has 2 heteroatoms. The summed E-state index contributed by atoms with van der Waals surface area (Å²) < 4.78 is 0.